The number of benzene rings is 2. The maximum atomic E-state index is 13.3. The monoisotopic (exact) mass is 300 g/mol. The Morgan fingerprint density at radius 1 is 1.19 bits per heavy atom. The fourth-order valence-electron chi connectivity index (χ4n) is 2.77. The van der Waals surface area contributed by atoms with Crippen molar-refractivity contribution in [2.24, 2.45) is 0 Å². The molecule has 3 aromatic rings. The van der Waals surface area contributed by atoms with E-state index in [2.05, 4.69) is 0 Å². The number of ether oxygens (including phenoxy) is 1. The predicted octanol–water partition coefficient (Wildman–Crippen LogP) is 4.06. The zero-order valence-corrected chi connectivity index (χ0v) is 12.0. The maximum Gasteiger partial charge on any atom is 0.128 e. The van der Waals surface area contributed by atoms with Gasteiger partial charge >= 0.3 is 0 Å². The highest BCUT2D eigenvalue weighted by Crippen LogP contribution is 2.39. The van der Waals surface area contributed by atoms with E-state index >= 15 is 0 Å². The predicted molar refractivity (Wildman–Crippen MR) is 81.5 cm³/mol. The standard InChI is InChI=1S/C17H13FO2S/c18-12-5-4-11-8-15(21-14(11)9-12)16(19)13-3-1-2-10-6-7-20-17(10)13/h1-5,8-9,16,19H,6-7H2. The third-order valence-electron chi connectivity index (χ3n) is 3.81. The van der Waals surface area contributed by atoms with E-state index in [-0.39, 0.29) is 5.82 Å². The van der Waals surface area contributed by atoms with Gasteiger partial charge in [-0.2, -0.15) is 0 Å². The molecule has 0 saturated heterocycles. The molecule has 0 fully saturated rings. The second kappa shape index (κ2) is 4.83. The van der Waals surface area contributed by atoms with Crippen molar-refractivity contribution >= 4 is 21.4 Å². The fourth-order valence-corrected chi connectivity index (χ4v) is 3.86. The summed E-state index contributed by atoms with van der Waals surface area (Å²) in [5, 5.41) is 11.6. The van der Waals surface area contributed by atoms with Crippen molar-refractivity contribution in [1.82, 2.24) is 0 Å². The first-order chi connectivity index (χ1) is 10.2. The van der Waals surface area contributed by atoms with Gasteiger partial charge in [0, 0.05) is 21.6 Å². The second-order valence-corrected chi connectivity index (χ2v) is 6.28. The average molecular weight is 300 g/mol. The van der Waals surface area contributed by atoms with Gasteiger partial charge in [-0.25, -0.2) is 4.39 Å². The smallest absolute Gasteiger partial charge is 0.128 e. The van der Waals surface area contributed by atoms with E-state index in [1.165, 1.54) is 23.5 Å². The van der Waals surface area contributed by atoms with E-state index in [1.54, 1.807) is 6.07 Å². The van der Waals surface area contributed by atoms with Crippen LogP contribution in [0.2, 0.25) is 0 Å². The number of thiophene rings is 1. The SMILES string of the molecule is OC(c1cc2ccc(F)cc2s1)c1cccc2c1OCC2. The van der Waals surface area contributed by atoms with E-state index in [4.69, 9.17) is 4.74 Å². The molecule has 106 valence electrons. The molecule has 0 bridgehead atoms. The topological polar surface area (TPSA) is 29.5 Å². The van der Waals surface area contributed by atoms with Gasteiger partial charge in [0.2, 0.25) is 0 Å². The van der Waals surface area contributed by atoms with Crippen LogP contribution in [0.15, 0.2) is 42.5 Å². The minimum absolute atomic E-state index is 0.255. The lowest BCUT2D eigenvalue weighted by Gasteiger charge is -2.13. The third-order valence-corrected chi connectivity index (χ3v) is 4.96. The number of fused-ring (bicyclic) bond motifs is 2. The fraction of sp³-hybridized carbons (Fsp3) is 0.176. The van der Waals surface area contributed by atoms with Crippen LogP contribution in [-0.4, -0.2) is 11.7 Å². The van der Waals surface area contributed by atoms with Crippen molar-refractivity contribution in [3.63, 3.8) is 0 Å². The molecule has 0 saturated carbocycles. The van der Waals surface area contributed by atoms with Gasteiger partial charge in [0.15, 0.2) is 0 Å². The van der Waals surface area contributed by atoms with E-state index in [0.29, 0.717) is 6.61 Å². The van der Waals surface area contributed by atoms with Crippen molar-refractivity contribution in [3.05, 3.63) is 64.3 Å². The molecule has 4 heteroatoms. The van der Waals surface area contributed by atoms with Crippen LogP contribution in [0.3, 0.4) is 0 Å². The Balaban J connectivity index is 1.79. The van der Waals surface area contributed by atoms with Gasteiger partial charge in [-0.05, 0) is 29.1 Å². The van der Waals surface area contributed by atoms with E-state index in [9.17, 15) is 9.50 Å². The maximum absolute atomic E-state index is 13.3. The largest absolute Gasteiger partial charge is 0.493 e. The first-order valence-electron chi connectivity index (χ1n) is 6.84. The Bertz CT molecular complexity index is 825. The van der Waals surface area contributed by atoms with Crippen LogP contribution in [0.25, 0.3) is 10.1 Å². The van der Waals surface area contributed by atoms with Crippen molar-refractivity contribution in [1.29, 1.82) is 0 Å². The van der Waals surface area contributed by atoms with Crippen LogP contribution in [0.1, 0.15) is 22.1 Å². The summed E-state index contributed by atoms with van der Waals surface area (Å²) in [7, 11) is 0. The highest BCUT2D eigenvalue weighted by Gasteiger charge is 2.23. The first-order valence-corrected chi connectivity index (χ1v) is 7.66. The summed E-state index contributed by atoms with van der Waals surface area (Å²) >= 11 is 1.41. The molecule has 0 spiro atoms. The molecule has 1 aromatic heterocycles. The lowest BCUT2D eigenvalue weighted by atomic mass is 10.0. The molecule has 1 aliphatic rings. The second-order valence-electron chi connectivity index (χ2n) is 5.17. The van der Waals surface area contributed by atoms with Crippen LogP contribution in [0, 0.1) is 5.82 Å². The molecule has 1 atom stereocenters. The number of aliphatic hydroxyl groups is 1. The first kappa shape index (κ1) is 12.8. The number of para-hydroxylation sites is 1. The highest BCUT2D eigenvalue weighted by atomic mass is 32.1. The summed E-state index contributed by atoms with van der Waals surface area (Å²) in [5.74, 6) is 0.544. The molecule has 1 unspecified atom stereocenters. The molecule has 2 heterocycles. The van der Waals surface area contributed by atoms with Gasteiger partial charge in [0.05, 0.1) is 6.61 Å². The quantitative estimate of drug-likeness (QED) is 0.773. The molecule has 21 heavy (non-hydrogen) atoms. The van der Waals surface area contributed by atoms with Crippen molar-refractivity contribution in [3.8, 4) is 5.75 Å². The molecule has 1 aliphatic heterocycles. The molecule has 2 nitrogen and oxygen atoms in total. The van der Waals surface area contributed by atoms with Gasteiger partial charge in [0.25, 0.3) is 0 Å². The third kappa shape index (κ3) is 2.11. The Morgan fingerprint density at radius 3 is 3.00 bits per heavy atom. The number of rotatable bonds is 2. The minimum atomic E-state index is -0.737. The van der Waals surface area contributed by atoms with E-state index in [0.717, 1.165) is 38.3 Å². The number of hydrogen-bond donors (Lipinski definition) is 1. The molecule has 4 rings (SSSR count). The highest BCUT2D eigenvalue weighted by molar-refractivity contribution is 7.19. The normalized spacial score (nSPS) is 15.0. The number of hydrogen-bond acceptors (Lipinski definition) is 3. The molecular formula is C17H13FO2S. The molecule has 2 aromatic carbocycles. The summed E-state index contributed by atoms with van der Waals surface area (Å²) in [6, 6.07) is 12.5. The number of halogens is 1. The summed E-state index contributed by atoms with van der Waals surface area (Å²) in [6.45, 7) is 0.663. The van der Waals surface area contributed by atoms with Crippen LogP contribution >= 0.6 is 11.3 Å². The summed E-state index contributed by atoms with van der Waals surface area (Å²) < 4.78 is 19.8. The van der Waals surface area contributed by atoms with E-state index in [1.807, 2.05) is 24.3 Å². The zero-order chi connectivity index (χ0) is 14.4. The summed E-state index contributed by atoms with van der Waals surface area (Å²) in [6.07, 6.45) is 0.145. The Morgan fingerprint density at radius 2 is 2.10 bits per heavy atom. The molecule has 1 N–H and O–H groups in total. The van der Waals surface area contributed by atoms with Gasteiger partial charge < -0.3 is 9.84 Å². The average Bonchev–Trinajstić information content (AvgIpc) is 3.11. The Kier molecular flexibility index (Phi) is 2.94. The van der Waals surface area contributed by atoms with Crippen LogP contribution < -0.4 is 4.74 Å². The lowest BCUT2D eigenvalue weighted by Crippen LogP contribution is -2.00. The van der Waals surface area contributed by atoms with Gasteiger partial charge in [0.1, 0.15) is 17.7 Å². The zero-order valence-electron chi connectivity index (χ0n) is 11.2. The minimum Gasteiger partial charge on any atom is -0.493 e. The Labute approximate surface area is 125 Å². The number of aliphatic hydroxyl groups excluding tert-OH is 1. The van der Waals surface area contributed by atoms with Gasteiger partial charge in [-0.3, -0.25) is 0 Å². The van der Waals surface area contributed by atoms with Crippen LogP contribution in [0.4, 0.5) is 4.39 Å². The molecular weight excluding hydrogens is 287 g/mol. The Hall–Kier alpha value is -1.91. The molecule has 0 aliphatic carbocycles. The molecule has 0 amide bonds. The van der Waals surface area contributed by atoms with Crippen LogP contribution in [0.5, 0.6) is 5.75 Å². The van der Waals surface area contributed by atoms with Crippen molar-refractivity contribution < 1.29 is 14.2 Å². The van der Waals surface area contributed by atoms with E-state index < -0.39 is 6.10 Å². The molecule has 0 radical (unpaired) electrons. The van der Waals surface area contributed by atoms with Crippen molar-refractivity contribution in [2.75, 3.05) is 6.61 Å². The lowest BCUT2D eigenvalue weighted by molar-refractivity contribution is 0.217. The summed E-state index contributed by atoms with van der Waals surface area (Å²) in [4.78, 5) is 0.805. The van der Waals surface area contributed by atoms with Crippen molar-refractivity contribution in [2.45, 2.75) is 12.5 Å². The summed E-state index contributed by atoms with van der Waals surface area (Å²) in [5.41, 5.74) is 1.93. The van der Waals surface area contributed by atoms with Crippen LogP contribution in [-0.2, 0) is 6.42 Å². The van der Waals surface area contributed by atoms with Gasteiger partial charge in [-0.1, -0.05) is 24.3 Å². The van der Waals surface area contributed by atoms with Gasteiger partial charge in [-0.15, -0.1) is 11.3 Å².